The molecule has 0 amide bonds. The Balaban J connectivity index is 2.69. The van der Waals surface area contributed by atoms with Gasteiger partial charge in [-0.2, -0.15) is 0 Å². The van der Waals surface area contributed by atoms with Gasteiger partial charge in [-0.25, -0.2) is 0 Å². The van der Waals surface area contributed by atoms with Crippen molar-refractivity contribution in [2.75, 3.05) is 25.0 Å². The van der Waals surface area contributed by atoms with Crippen LogP contribution >= 0.6 is 12.2 Å². The third-order valence-corrected chi connectivity index (χ3v) is 3.16. The summed E-state index contributed by atoms with van der Waals surface area (Å²) in [6.45, 7) is 7.65. The van der Waals surface area contributed by atoms with E-state index in [1.54, 1.807) is 0 Å². The molecule has 17 heavy (non-hydrogen) atoms. The molecule has 0 unspecified atom stereocenters. The zero-order valence-electron chi connectivity index (χ0n) is 10.7. The van der Waals surface area contributed by atoms with Crippen molar-refractivity contribution in [2.24, 2.45) is 0 Å². The van der Waals surface area contributed by atoms with Gasteiger partial charge in [0, 0.05) is 18.8 Å². The average molecular weight is 252 g/mol. The first-order valence-electron chi connectivity index (χ1n) is 5.82. The minimum Gasteiger partial charge on any atom is -0.395 e. The number of rotatable bonds is 4. The fraction of sp³-hybridized carbons (Fsp3) is 0.462. The Kier molecular flexibility index (Phi) is 5.38. The highest BCUT2D eigenvalue weighted by atomic mass is 32.1. The molecule has 3 nitrogen and oxygen atoms in total. The number of aryl methyl sites for hydroxylation is 2. The lowest BCUT2D eigenvalue weighted by Crippen LogP contribution is -2.36. The molecule has 0 spiro atoms. The first kappa shape index (κ1) is 13.9. The van der Waals surface area contributed by atoms with Crippen LogP contribution in [-0.4, -0.2) is 34.8 Å². The maximum atomic E-state index is 8.93. The summed E-state index contributed by atoms with van der Waals surface area (Å²) in [5.74, 6) is 0. The quantitative estimate of drug-likeness (QED) is 0.806. The monoisotopic (exact) mass is 252 g/mol. The zero-order valence-corrected chi connectivity index (χ0v) is 11.5. The van der Waals surface area contributed by atoms with Crippen molar-refractivity contribution in [3.63, 3.8) is 0 Å². The van der Waals surface area contributed by atoms with Gasteiger partial charge in [-0.15, -0.1) is 0 Å². The molecule has 0 radical (unpaired) electrons. The second-order valence-electron chi connectivity index (χ2n) is 4.03. The van der Waals surface area contributed by atoms with Crippen LogP contribution in [-0.2, 0) is 0 Å². The molecule has 0 aliphatic rings. The van der Waals surface area contributed by atoms with Gasteiger partial charge in [0.05, 0.1) is 6.61 Å². The molecule has 94 valence electrons. The summed E-state index contributed by atoms with van der Waals surface area (Å²) in [5, 5.41) is 12.8. The van der Waals surface area contributed by atoms with E-state index < -0.39 is 0 Å². The first-order chi connectivity index (χ1) is 8.08. The van der Waals surface area contributed by atoms with Crippen LogP contribution < -0.4 is 5.32 Å². The molecule has 0 fully saturated rings. The van der Waals surface area contributed by atoms with E-state index in [-0.39, 0.29) is 6.61 Å². The largest absolute Gasteiger partial charge is 0.395 e. The highest BCUT2D eigenvalue weighted by molar-refractivity contribution is 7.80. The smallest absolute Gasteiger partial charge is 0.173 e. The summed E-state index contributed by atoms with van der Waals surface area (Å²) in [6.07, 6.45) is 0. The molecule has 0 aliphatic carbocycles. The van der Waals surface area contributed by atoms with E-state index in [0.29, 0.717) is 11.7 Å². The van der Waals surface area contributed by atoms with E-state index >= 15 is 0 Å². The van der Waals surface area contributed by atoms with Gasteiger partial charge in [0.15, 0.2) is 5.11 Å². The van der Waals surface area contributed by atoms with Crippen molar-refractivity contribution in [1.82, 2.24) is 4.90 Å². The third kappa shape index (κ3) is 3.98. The van der Waals surface area contributed by atoms with E-state index in [9.17, 15) is 0 Å². The van der Waals surface area contributed by atoms with E-state index in [0.717, 1.165) is 12.2 Å². The van der Waals surface area contributed by atoms with Crippen LogP contribution in [0.4, 0.5) is 5.69 Å². The van der Waals surface area contributed by atoms with Crippen LogP contribution in [0, 0.1) is 13.8 Å². The Morgan fingerprint density at radius 3 is 2.59 bits per heavy atom. The number of aliphatic hydroxyl groups is 1. The Labute approximate surface area is 108 Å². The highest BCUT2D eigenvalue weighted by Crippen LogP contribution is 2.14. The van der Waals surface area contributed by atoms with Gasteiger partial charge in [0.25, 0.3) is 0 Å². The van der Waals surface area contributed by atoms with Crippen LogP contribution in [0.25, 0.3) is 0 Å². The number of aliphatic hydroxyl groups excluding tert-OH is 1. The SMILES string of the molecule is CCN(CCO)C(=S)Nc1ccc(C)c(C)c1. The molecule has 0 saturated heterocycles. The maximum absolute atomic E-state index is 8.93. The molecule has 1 aromatic carbocycles. The van der Waals surface area contributed by atoms with Gasteiger partial charge in [0.2, 0.25) is 0 Å². The summed E-state index contributed by atoms with van der Waals surface area (Å²) < 4.78 is 0. The van der Waals surface area contributed by atoms with Crippen molar-refractivity contribution < 1.29 is 5.11 Å². The summed E-state index contributed by atoms with van der Waals surface area (Å²) in [6, 6.07) is 6.17. The summed E-state index contributed by atoms with van der Waals surface area (Å²) in [4.78, 5) is 1.94. The first-order valence-corrected chi connectivity index (χ1v) is 6.23. The van der Waals surface area contributed by atoms with Crippen molar-refractivity contribution in [1.29, 1.82) is 0 Å². The number of nitrogens with one attached hydrogen (secondary N) is 1. The van der Waals surface area contributed by atoms with Gasteiger partial charge in [0.1, 0.15) is 0 Å². The number of hydrogen-bond donors (Lipinski definition) is 2. The van der Waals surface area contributed by atoms with Crippen LogP contribution in [0.3, 0.4) is 0 Å². The van der Waals surface area contributed by atoms with E-state index in [2.05, 4.69) is 31.3 Å². The molecule has 0 heterocycles. The number of thiocarbonyl (C=S) groups is 1. The fourth-order valence-corrected chi connectivity index (χ4v) is 1.88. The van der Waals surface area contributed by atoms with Crippen LogP contribution in [0.1, 0.15) is 18.1 Å². The fourth-order valence-electron chi connectivity index (χ4n) is 1.55. The van der Waals surface area contributed by atoms with Crippen LogP contribution in [0.5, 0.6) is 0 Å². The minimum absolute atomic E-state index is 0.114. The number of likely N-dealkylation sites (N-methyl/N-ethyl adjacent to an activating group) is 1. The Bertz CT molecular complexity index is 393. The molecule has 0 bridgehead atoms. The lowest BCUT2D eigenvalue weighted by Gasteiger charge is -2.23. The molecule has 1 aromatic rings. The predicted octanol–water partition coefficient (Wildman–Crippen LogP) is 2.31. The Morgan fingerprint density at radius 2 is 2.06 bits per heavy atom. The van der Waals surface area contributed by atoms with Gasteiger partial charge in [-0.3, -0.25) is 0 Å². The van der Waals surface area contributed by atoms with Crippen molar-refractivity contribution >= 4 is 23.0 Å². The van der Waals surface area contributed by atoms with E-state index in [1.165, 1.54) is 11.1 Å². The van der Waals surface area contributed by atoms with E-state index in [1.807, 2.05) is 17.9 Å². The lowest BCUT2D eigenvalue weighted by molar-refractivity contribution is 0.254. The number of anilines is 1. The van der Waals surface area contributed by atoms with Crippen LogP contribution in [0.2, 0.25) is 0 Å². The van der Waals surface area contributed by atoms with Crippen LogP contribution in [0.15, 0.2) is 18.2 Å². The Hall–Kier alpha value is -1.13. The molecule has 0 saturated carbocycles. The van der Waals surface area contributed by atoms with Crippen molar-refractivity contribution in [3.8, 4) is 0 Å². The highest BCUT2D eigenvalue weighted by Gasteiger charge is 2.07. The molecule has 2 N–H and O–H groups in total. The summed E-state index contributed by atoms with van der Waals surface area (Å²) in [5.41, 5.74) is 3.50. The minimum atomic E-state index is 0.114. The molecule has 1 rings (SSSR count). The van der Waals surface area contributed by atoms with E-state index in [4.69, 9.17) is 17.3 Å². The second-order valence-corrected chi connectivity index (χ2v) is 4.42. The molecule has 0 atom stereocenters. The zero-order chi connectivity index (χ0) is 12.8. The molecule has 0 aliphatic heterocycles. The third-order valence-electron chi connectivity index (χ3n) is 2.80. The topological polar surface area (TPSA) is 35.5 Å². The number of hydrogen-bond acceptors (Lipinski definition) is 2. The maximum Gasteiger partial charge on any atom is 0.173 e. The summed E-state index contributed by atoms with van der Waals surface area (Å²) in [7, 11) is 0. The van der Waals surface area contributed by atoms with Crippen molar-refractivity contribution in [2.45, 2.75) is 20.8 Å². The van der Waals surface area contributed by atoms with Gasteiger partial charge in [-0.1, -0.05) is 6.07 Å². The molecule has 4 heteroatoms. The number of nitrogens with zero attached hydrogens (tertiary/aromatic N) is 1. The molecular weight excluding hydrogens is 232 g/mol. The molecule has 0 aromatic heterocycles. The van der Waals surface area contributed by atoms with Crippen molar-refractivity contribution in [3.05, 3.63) is 29.3 Å². The average Bonchev–Trinajstić information content (AvgIpc) is 2.30. The van der Waals surface area contributed by atoms with Gasteiger partial charge in [-0.05, 0) is 56.2 Å². The normalized spacial score (nSPS) is 10.1. The number of benzene rings is 1. The molecular formula is C13H20N2OS. The summed E-state index contributed by atoms with van der Waals surface area (Å²) >= 11 is 5.30. The lowest BCUT2D eigenvalue weighted by atomic mass is 10.1. The van der Waals surface area contributed by atoms with Gasteiger partial charge >= 0.3 is 0 Å². The Morgan fingerprint density at radius 1 is 1.35 bits per heavy atom. The van der Waals surface area contributed by atoms with Gasteiger partial charge < -0.3 is 15.3 Å². The second kappa shape index (κ2) is 6.57. The predicted molar refractivity (Wildman–Crippen MR) is 76.5 cm³/mol. The standard InChI is InChI=1S/C13H20N2OS/c1-4-15(7-8-16)13(17)14-12-6-5-10(2)11(3)9-12/h5-6,9,16H,4,7-8H2,1-3H3,(H,14,17).